The molecule has 0 aromatic rings. The van der Waals surface area contributed by atoms with E-state index in [-0.39, 0.29) is 12.1 Å². The molecule has 0 bridgehead atoms. The quantitative estimate of drug-likeness (QED) is 0.510. The zero-order valence-electron chi connectivity index (χ0n) is 18.4. The Morgan fingerprint density at radius 3 is 2.75 bits per heavy atom. The van der Waals surface area contributed by atoms with Crippen molar-refractivity contribution in [2.24, 2.45) is 40.4 Å². The van der Waals surface area contributed by atoms with E-state index < -0.39 is 0 Å². The average molecular weight is 389 g/mol. The molecule has 3 saturated carbocycles. The summed E-state index contributed by atoms with van der Waals surface area (Å²) in [7, 11) is 1.50. The Balaban J connectivity index is 1.51. The van der Waals surface area contributed by atoms with Gasteiger partial charge in [-0.05, 0) is 98.2 Å². The SMILES string of the molecule is COC(=O)CC[C@@H](C)[C@H]1CC[C@@H]2[C@@H]3CC=C4C[C@H](O)CC[C@]4(C)[C@H]3CC[C@@]21C. The second-order valence-corrected chi connectivity index (χ2v) is 11.0. The van der Waals surface area contributed by atoms with Crippen molar-refractivity contribution in [2.75, 3.05) is 7.11 Å². The highest BCUT2D eigenvalue weighted by Crippen LogP contribution is 2.67. The molecule has 3 heteroatoms. The number of ether oxygens (including phenoxy) is 1. The highest BCUT2D eigenvalue weighted by atomic mass is 16.5. The molecule has 28 heavy (non-hydrogen) atoms. The first-order valence-electron chi connectivity index (χ1n) is 11.7. The van der Waals surface area contributed by atoms with E-state index in [0.717, 1.165) is 42.9 Å². The summed E-state index contributed by atoms with van der Waals surface area (Å²) < 4.78 is 4.87. The third-order valence-corrected chi connectivity index (χ3v) is 9.87. The van der Waals surface area contributed by atoms with E-state index in [1.165, 1.54) is 45.6 Å². The highest BCUT2D eigenvalue weighted by Gasteiger charge is 2.59. The van der Waals surface area contributed by atoms with Crippen molar-refractivity contribution in [3.8, 4) is 0 Å². The van der Waals surface area contributed by atoms with Gasteiger partial charge in [0.1, 0.15) is 0 Å². The Morgan fingerprint density at radius 2 is 2.00 bits per heavy atom. The van der Waals surface area contributed by atoms with Gasteiger partial charge in [-0.1, -0.05) is 32.4 Å². The molecule has 158 valence electrons. The first-order chi connectivity index (χ1) is 13.3. The number of fused-ring (bicyclic) bond motifs is 5. The van der Waals surface area contributed by atoms with Crippen molar-refractivity contribution in [2.45, 2.75) is 91.1 Å². The second-order valence-electron chi connectivity index (χ2n) is 11.0. The number of methoxy groups -OCH3 is 1. The van der Waals surface area contributed by atoms with Gasteiger partial charge in [-0.25, -0.2) is 0 Å². The molecular weight excluding hydrogens is 348 g/mol. The number of aliphatic hydroxyl groups is 1. The van der Waals surface area contributed by atoms with Crippen LogP contribution in [0, 0.1) is 40.4 Å². The van der Waals surface area contributed by atoms with Crippen LogP contribution in [0.3, 0.4) is 0 Å². The van der Waals surface area contributed by atoms with Crippen molar-refractivity contribution in [1.82, 2.24) is 0 Å². The summed E-state index contributed by atoms with van der Waals surface area (Å²) in [6.07, 6.45) is 13.6. The van der Waals surface area contributed by atoms with Crippen LogP contribution in [0.5, 0.6) is 0 Å². The van der Waals surface area contributed by atoms with Crippen molar-refractivity contribution >= 4 is 5.97 Å². The van der Waals surface area contributed by atoms with Crippen LogP contribution in [0.15, 0.2) is 11.6 Å². The smallest absolute Gasteiger partial charge is 0.305 e. The first-order valence-corrected chi connectivity index (χ1v) is 11.7. The number of hydrogen-bond donors (Lipinski definition) is 1. The highest BCUT2D eigenvalue weighted by molar-refractivity contribution is 5.69. The minimum Gasteiger partial charge on any atom is -0.469 e. The molecule has 4 aliphatic rings. The standard InChI is InChI=1S/C25H40O3/c1-16(5-10-23(27)28-4)20-8-9-21-19-7-6-17-15-18(26)11-13-24(17,2)22(19)12-14-25(20,21)3/h6,16,18-22,26H,5,7-15H2,1-4H3/t16-,18-,19+,20-,21-,22+,24+,25-/m1/s1. The van der Waals surface area contributed by atoms with Gasteiger partial charge in [-0.3, -0.25) is 4.79 Å². The fourth-order valence-electron chi connectivity index (χ4n) is 8.27. The molecule has 0 spiro atoms. The van der Waals surface area contributed by atoms with E-state index >= 15 is 0 Å². The van der Waals surface area contributed by atoms with Gasteiger partial charge >= 0.3 is 5.97 Å². The Bertz CT molecular complexity index is 640. The lowest BCUT2D eigenvalue weighted by atomic mass is 9.47. The summed E-state index contributed by atoms with van der Waals surface area (Å²) in [6, 6.07) is 0. The largest absolute Gasteiger partial charge is 0.469 e. The molecule has 0 aromatic carbocycles. The minimum absolute atomic E-state index is 0.0624. The van der Waals surface area contributed by atoms with Gasteiger partial charge in [0.2, 0.25) is 0 Å². The fraction of sp³-hybridized carbons (Fsp3) is 0.880. The Kier molecular flexibility index (Phi) is 5.44. The van der Waals surface area contributed by atoms with Crippen molar-refractivity contribution in [3.63, 3.8) is 0 Å². The van der Waals surface area contributed by atoms with Crippen LogP contribution < -0.4 is 0 Å². The molecule has 3 nitrogen and oxygen atoms in total. The number of aliphatic hydroxyl groups excluding tert-OH is 1. The molecule has 3 fully saturated rings. The molecule has 4 rings (SSSR count). The molecule has 1 N–H and O–H groups in total. The maximum Gasteiger partial charge on any atom is 0.305 e. The molecule has 0 radical (unpaired) electrons. The van der Waals surface area contributed by atoms with Gasteiger partial charge in [0.05, 0.1) is 13.2 Å². The van der Waals surface area contributed by atoms with Crippen LogP contribution in [-0.2, 0) is 9.53 Å². The van der Waals surface area contributed by atoms with Gasteiger partial charge in [0, 0.05) is 6.42 Å². The molecule has 0 unspecified atom stereocenters. The maximum absolute atomic E-state index is 11.6. The van der Waals surface area contributed by atoms with Crippen molar-refractivity contribution in [3.05, 3.63) is 11.6 Å². The Hall–Kier alpha value is -0.830. The summed E-state index contributed by atoms with van der Waals surface area (Å²) in [5.41, 5.74) is 2.34. The van der Waals surface area contributed by atoms with E-state index in [1.54, 1.807) is 5.57 Å². The molecule has 8 atom stereocenters. The monoisotopic (exact) mass is 388 g/mol. The number of hydrogen-bond acceptors (Lipinski definition) is 3. The van der Waals surface area contributed by atoms with Gasteiger partial charge in [-0.2, -0.15) is 0 Å². The number of rotatable bonds is 4. The molecule has 0 aromatic heterocycles. The average Bonchev–Trinajstić information content (AvgIpc) is 3.03. The fourth-order valence-corrected chi connectivity index (χ4v) is 8.27. The third kappa shape index (κ3) is 3.16. The second kappa shape index (κ2) is 7.45. The van der Waals surface area contributed by atoms with E-state index in [1.807, 2.05) is 0 Å². The molecular formula is C25H40O3. The van der Waals surface area contributed by atoms with Crippen LogP contribution in [0.4, 0.5) is 0 Å². The lowest BCUT2D eigenvalue weighted by Gasteiger charge is -2.58. The lowest BCUT2D eigenvalue weighted by molar-refractivity contribution is -0.141. The predicted molar refractivity (Wildman–Crippen MR) is 112 cm³/mol. The lowest BCUT2D eigenvalue weighted by Crippen LogP contribution is -2.50. The molecule has 0 aliphatic heterocycles. The van der Waals surface area contributed by atoms with E-state index in [0.29, 0.717) is 23.2 Å². The summed E-state index contributed by atoms with van der Waals surface area (Å²) in [5.74, 6) is 3.74. The van der Waals surface area contributed by atoms with E-state index in [9.17, 15) is 9.90 Å². The summed E-state index contributed by atoms with van der Waals surface area (Å²) in [4.78, 5) is 11.6. The third-order valence-electron chi connectivity index (χ3n) is 9.87. The first kappa shape index (κ1) is 20.4. The Morgan fingerprint density at radius 1 is 1.21 bits per heavy atom. The van der Waals surface area contributed by atoms with Crippen LogP contribution in [0.25, 0.3) is 0 Å². The summed E-state index contributed by atoms with van der Waals surface area (Å²) in [5, 5.41) is 10.2. The molecule has 0 heterocycles. The van der Waals surface area contributed by atoms with Gasteiger partial charge in [-0.15, -0.1) is 0 Å². The van der Waals surface area contributed by atoms with Crippen LogP contribution in [0.1, 0.15) is 85.0 Å². The normalized spacial score (nSPS) is 46.0. The topological polar surface area (TPSA) is 46.5 Å². The number of esters is 1. The summed E-state index contributed by atoms with van der Waals surface area (Å²) in [6.45, 7) is 7.46. The number of allylic oxidation sites excluding steroid dienone is 1. The van der Waals surface area contributed by atoms with Crippen LogP contribution >= 0.6 is 0 Å². The minimum atomic E-state index is -0.115. The van der Waals surface area contributed by atoms with Gasteiger partial charge in [0.15, 0.2) is 0 Å². The predicted octanol–water partition coefficient (Wildman–Crippen LogP) is 5.52. The zero-order chi connectivity index (χ0) is 20.1. The summed E-state index contributed by atoms with van der Waals surface area (Å²) >= 11 is 0. The molecule has 0 saturated heterocycles. The zero-order valence-corrected chi connectivity index (χ0v) is 18.4. The van der Waals surface area contributed by atoms with Crippen LogP contribution in [0.2, 0.25) is 0 Å². The van der Waals surface area contributed by atoms with Gasteiger partial charge in [0.25, 0.3) is 0 Å². The van der Waals surface area contributed by atoms with Crippen molar-refractivity contribution in [1.29, 1.82) is 0 Å². The van der Waals surface area contributed by atoms with E-state index in [2.05, 4.69) is 26.8 Å². The molecule has 0 amide bonds. The molecule has 4 aliphatic carbocycles. The Labute approximate surface area is 171 Å². The van der Waals surface area contributed by atoms with Gasteiger partial charge < -0.3 is 9.84 Å². The number of carbonyl (C=O) groups is 1. The van der Waals surface area contributed by atoms with Crippen LogP contribution in [-0.4, -0.2) is 24.3 Å². The van der Waals surface area contributed by atoms with Crippen molar-refractivity contribution < 1.29 is 14.6 Å². The number of carbonyl (C=O) groups excluding carboxylic acids is 1. The maximum atomic E-state index is 11.6. The van der Waals surface area contributed by atoms with E-state index in [4.69, 9.17) is 4.74 Å².